The molecule has 3 heterocycles. The van der Waals surface area contributed by atoms with Crippen LogP contribution in [0.5, 0.6) is 0 Å². The van der Waals surface area contributed by atoms with Crippen molar-refractivity contribution in [3.8, 4) is 0 Å². The summed E-state index contributed by atoms with van der Waals surface area (Å²) in [6.45, 7) is 0. The zero-order valence-corrected chi connectivity index (χ0v) is 20.2. The van der Waals surface area contributed by atoms with E-state index in [1.165, 1.54) is 28.0 Å². The van der Waals surface area contributed by atoms with Crippen molar-refractivity contribution in [1.29, 1.82) is 0 Å². The minimum Gasteiger partial charge on any atom is -0.361 e. The van der Waals surface area contributed by atoms with Crippen LogP contribution in [0, 0.1) is 0 Å². The van der Waals surface area contributed by atoms with Gasteiger partial charge in [0.2, 0.25) is 0 Å². The number of H-pyrrole nitrogens is 1. The molecule has 0 fully saturated rings. The summed E-state index contributed by atoms with van der Waals surface area (Å²) in [6.07, 6.45) is 5.75. The molecular formula is C29H20ClN3OS. The molecule has 0 spiro atoms. The summed E-state index contributed by atoms with van der Waals surface area (Å²) in [7, 11) is 0. The number of nitrogens with zero attached hydrogens (tertiary/aromatic N) is 2. The van der Waals surface area contributed by atoms with Crippen molar-refractivity contribution >= 4 is 45.6 Å². The summed E-state index contributed by atoms with van der Waals surface area (Å²) >= 11 is 7.67. The Hall–Kier alpha value is -3.67. The van der Waals surface area contributed by atoms with Crippen LogP contribution in [-0.2, 0) is 6.42 Å². The van der Waals surface area contributed by atoms with Gasteiger partial charge < -0.3 is 4.98 Å². The third kappa shape index (κ3) is 3.27. The van der Waals surface area contributed by atoms with Crippen LogP contribution in [0.4, 0.5) is 0 Å². The SMILES string of the molecule is O=c1/c(=C\c2c[nH]c3ccccc23)sc2n1[C@H](c1ccc(Cl)cc1)C1=C(N=2)c2ccccc2CC1. The second kappa shape index (κ2) is 7.94. The highest BCUT2D eigenvalue weighted by Crippen LogP contribution is 2.41. The monoisotopic (exact) mass is 493 g/mol. The zero-order chi connectivity index (χ0) is 23.5. The van der Waals surface area contributed by atoms with Gasteiger partial charge in [-0.1, -0.05) is 77.5 Å². The number of aromatic nitrogens is 2. The van der Waals surface area contributed by atoms with E-state index in [4.69, 9.17) is 16.6 Å². The fourth-order valence-electron chi connectivity index (χ4n) is 5.32. The lowest BCUT2D eigenvalue weighted by molar-refractivity contribution is 0.585. The minimum absolute atomic E-state index is 0.00982. The van der Waals surface area contributed by atoms with E-state index < -0.39 is 0 Å². The molecule has 1 aliphatic heterocycles. The third-order valence-electron chi connectivity index (χ3n) is 6.97. The van der Waals surface area contributed by atoms with Crippen LogP contribution in [-0.4, -0.2) is 9.55 Å². The van der Waals surface area contributed by atoms with E-state index in [1.54, 1.807) is 0 Å². The molecule has 170 valence electrons. The summed E-state index contributed by atoms with van der Waals surface area (Å²) in [5.41, 5.74) is 7.77. The number of nitrogens with one attached hydrogen (secondary N) is 1. The molecule has 0 saturated heterocycles. The first-order chi connectivity index (χ1) is 17.2. The molecule has 6 heteroatoms. The van der Waals surface area contributed by atoms with E-state index in [0.29, 0.717) is 9.55 Å². The molecule has 1 atom stereocenters. The Morgan fingerprint density at radius 3 is 2.69 bits per heavy atom. The van der Waals surface area contributed by atoms with Gasteiger partial charge in [0.15, 0.2) is 4.80 Å². The summed E-state index contributed by atoms with van der Waals surface area (Å²) in [6, 6.07) is 24.3. The molecule has 4 nitrogen and oxygen atoms in total. The number of allylic oxidation sites excluding steroid dienone is 1. The molecule has 0 bridgehead atoms. The van der Waals surface area contributed by atoms with Crippen molar-refractivity contribution in [2.75, 3.05) is 0 Å². The Balaban J connectivity index is 1.50. The van der Waals surface area contributed by atoms with Gasteiger partial charge >= 0.3 is 0 Å². The molecule has 0 unspecified atom stereocenters. The second-order valence-corrected chi connectivity index (χ2v) is 10.4. The van der Waals surface area contributed by atoms with Gasteiger partial charge in [0.1, 0.15) is 0 Å². The Morgan fingerprint density at radius 1 is 1.00 bits per heavy atom. The lowest BCUT2D eigenvalue weighted by Crippen LogP contribution is -2.38. The third-order valence-corrected chi connectivity index (χ3v) is 8.20. The molecule has 5 aromatic rings. The molecule has 0 saturated carbocycles. The quantitative estimate of drug-likeness (QED) is 0.349. The molecule has 0 amide bonds. The van der Waals surface area contributed by atoms with E-state index >= 15 is 0 Å². The Labute approximate surface area is 210 Å². The number of aromatic amines is 1. The van der Waals surface area contributed by atoms with Crippen LogP contribution in [0.3, 0.4) is 0 Å². The summed E-state index contributed by atoms with van der Waals surface area (Å²) in [5, 5.41) is 1.78. The molecule has 2 aliphatic rings. The molecule has 3 aromatic carbocycles. The van der Waals surface area contributed by atoms with Gasteiger partial charge in [-0.05, 0) is 53.8 Å². The maximum atomic E-state index is 13.9. The van der Waals surface area contributed by atoms with Gasteiger partial charge in [0, 0.05) is 33.2 Å². The lowest BCUT2D eigenvalue weighted by atomic mass is 9.83. The van der Waals surface area contributed by atoms with Crippen molar-refractivity contribution in [2.45, 2.75) is 18.9 Å². The maximum absolute atomic E-state index is 13.9. The van der Waals surface area contributed by atoms with Crippen molar-refractivity contribution in [1.82, 2.24) is 9.55 Å². The topological polar surface area (TPSA) is 50.1 Å². The summed E-state index contributed by atoms with van der Waals surface area (Å²) in [5.74, 6) is 0. The van der Waals surface area contributed by atoms with E-state index in [2.05, 4.69) is 35.3 Å². The van der Waals surface area contributed by atoms with Crippen molar-refractivity contribution in [2.24, 2.45) is 4.99 Å². The lowest BCUT2D eigenvalue weighted by Gasteiger charge is -2.30. The summed E-state index contributed by atoms with van der Waals surface area (Å²) < 4.78 is 2.56. The smallest absolute Gasteiger partial charge is 0.271 e. The highest BCUT2D eigenvalue weighted by molar-refractivity contribution is 7.07. The van der Waals surface area contributed by atoms with Crippen molar-refractivity contribution in [3.63, 3.8) is 0 Å². The van der Waals surface area contributed by atoms with Crippen LogP contribution in [0.25, 0.3) is 22.7 Å². The standard InChI is InChI=1S/C29H20ClN3OS/c30-20-12-9-18(10-13-20)27-23-14-11-17-5-1-2-7-22(17)26(23)32-29-33(27)28(34)25(35-29)15-19-16-31-24-8-4-3-6-21(19)24/h1-10,12-13,15-16,27,31H,11,14H2/b25-15+/t27-/m1/s1. The number of hydrogen-bond acceptors (Lipinski definition) is 3. The van der Waals surface area contributed by atoms with Crippen LogP contribution in [0.15, 0.2) is 94.4 Å². The van der Waals surface area contributed by atoms with E-state index in [1.807, 2.05) is 59.3 Å². The number of thiazole rings is 1. The molecule has 35 heavy (non-hydrogen) atoms. The normalized spacial score (nSPS) is 17.2. The van der Waals surface area contributed by atoms with Gasteiger partial charge in [-0.25, -0.2) is 4.99 Å². The Bertz CT molecular complexity index is 1840. The number of para-hydroxylation sites is 1. The van der Waals surface area contributed by atoms with Gasteiger partial charge in [0.25, 0.3) is 5.56 Å². The molecule has 7 rings (SSSR count). The average molecular weight is 494 g/mol. The number of halogens is 1. The van der Waals surface area contributed by atoms with Gasteiger partial charge in [-0.15, -0.1) is 0 Å². The highest BCUT2D eigenvalue weighted by Gasteiger charge is 2.32. The van der Waals surface area contributed by atoms with Gasteiger partial charge in [0.05, 0.1) is 16.3 Å². The number of benzene rings is 3. The number of hydrogen-bond donors (Lipinski definition) is 1. The van der Waals surface area contributed by atoms with E-state index in [-0.39, 0.29) is 11.6 Å². The largest absolute Gasteiger partial charge is 0.361 e. The molecule has 1 aliphatic carbocycles. The Morgan fingerprint density at radius 2 is 1.80 bits per heavy atom. The van der Waals surface area contributed by atoms with E-state index in [9.17, 15) is 4.79 Å². The second-order valence-electron chi connectivity index (χ2n) is 8.95. The highest BCUT2D eigenvalue weighted by atomic mass is 35.5. The Kier molecular flexibility index (Phi) is 4.69. The zero-order valence-electron chi connectivity index (χ0n) is 18.7. The molecule has 2 aromatic heterocycles. The van der Waals surface area contributed by atoms with Gasteiger partial charge in [-0.3, -0.25) is 9.36 Å². The number of fused-ring (bicyclic) bond motifs is 4. The predicted octanol–water partition coefficient (Wildman–Crippen LogP) is 5.45. The molecule has 0 radical (unpaired) electrons. The molecular weight excluding hydrogens is 474 g/mol. The van der Waals surface area contributed by atoms with Crippen LogP contribution < -0.4 is 14.9 Å². The maximum Gasteiger partial charge on any atom is 0.271 e. The fourth-order valence-corrected chi connectivity index (χ4v) is 6.44. The number of rotatable bonds is 2. The van der Waals surface area contributed by atoms with Gasteiger partial charge in [-0.2, -0.15) is 0 Å². The van der Waals surface area contributed by atoms with Crippen molar-refractivity contribution < 1.29 is 0 Å². The minimum atomic E-state index is -0.197. The van der Waals surface area contributed by atoms with Crippen LogP contribution >= 0.6 is 22.9 Å². The van der Waals surface area contributed by atoms with Crippen molar-refractivity contribution in [3.05, 3.63) is 132 Å². The predicted molar refractivity (Wildman–Crippen MR) is 142 cm³/mol. The first-order valence-electron chi connectivity index (χ1n) is 11.6. The van der Waals surface area contributed by atoms with Crippen LogP contribution in [0.2, 0.25) is 5.02 Å². The first-order valence-corrected chi connectivity index (χ1v) is 12.8. The summed E-state index contributed by atoms with van der Waals surface area (Å²) in [4.78, 5) is 23.0. The van der Waals surface area contributed by atoms with Crippen LogP contribution in [0.1, 0.15) is 34.7 Å². The van der Waals surface area contributed by atoms with E-state index in [0.717, 1.165) is 45.4 Å². The first kappa shape index (κ1) is 20.7. The number of aryl methyl sites for hydroxylation is 1. The fraction of sp³-hybridized carbons (Fsp3) is 0.103. The average Bonchev–Trinajstić information content (AvgIpc) is 3.44. The molecule has 1 N–H and O–H groups in total.